The molecular formula is C13H20N2O3S. The lowest BCUT2D eigenvalue weighted by atomic mass is 10.1. The molecule has 6 heteroatoms. The van der Waals surface area contributed by atoms with Crippen LogP contribution in [0.15, 0.2) is 12.1 Å². The molecule has 0 saturated heterocycles. The lowest BCUT2D eigenvalue weighted by Crippen LogP contribution is -2.44. The van der Waals surface area contributed by atoms with E-state index in [0.717, 1.165) is 17.4 Å². The van der Waals surface area contributed by atoms with E-state index in [1.54, 1.807) is 6.07 Å². The van der Waals surface area contributed by atoms with E-state index in [9.17, 15) is 13.2 Å². The molecule has 0 atom stereocenters. The molecule has 106 valence electrons. The number of hydrogen-bond donors (Lipinski definition) is 2. The summed E-state index contributed by atoms with van der Waals surface area (Å²) >= 11 is 0. The van der Waals surface area contributed by atoms with Crippen LogP contribution in [0.3, 0.4) is 0 Å². The highest BCUT2D eigenvalue weighted by Gasteiger charge is 2.38. The minimum atomic E-state index is -3.50. The summed E-state index contributed by atoms with van der Waals surface area (Å²) in [6.45, 7) is 6.46. The van der Waals surface area contributed by atoms with Gasteiger partial charge in [-0.15, -0.1) is 0 Å². The van der Waals surface area contributed by atoms with Gasteiger partial charge in [-0.2, -0.15) is 0 Å². The standard InChI is InChI=1S/C13H20N2O3S/c1-8-6-9(2)11(7-10(8)14)15-12(16)13(3,4)19(5,17)18/h6-7H,14H2,1-5H3,(H,15,16). The fourth-order valence-electron chi connectivity index (χ4n) is 1.44. The maximum Gasteiger partial charge on any atom is 0.245 e. The third-order valence-electron chi connectivity index (χ3n) is 3.34. The number of benzene rings is 1. The SMILES string of the molecule is Cc1cc(C)c(NC(=O)C(C)(C)S(C)(=O)=O)cc1N. The van der Waals surface area contributed by atoms with Gasteiger partial charge in [0.15, 0.2) is 9.84 Å². The van der Waals surface area contributed by atoms with Crippen LogP contribution >= 0.6 is 0 Å². The first-order valence-corrected chi connectivity index (χ1v) is 7.73. The summed E-state index contributed by atoms with van der Waals surface area (Å²) < 4.78 is 21.7. The van der Waals surface area contributed by atoms with Gasteiger partial charge in [0.25, 0.3) is 0 Å². The summed E-state index contributed by atoms with van der Waals surface area (Å²) in [7, 11) is -3.50. The molecule has 0 aliphatic rings. The van der Waals surface area contributed by atoms with Gasteiger partial charge in [0.05, 0.1) is 0 Å². The van der Waals surface area contributed by atoms with Gasteiger partial charge in [-0.3, -0.25) is 4.79 Å². The summed E-state index contributed by atoms with van der Waals surface area (Å²) in [5.74, 6) is -0.568. The predicted octanol–water partition coefficient (Wildman–Crippen LogP) is 1.65. The van der Waals surface area contributed by atoms with Crippen LogP contribution in [0.4, 0.5) is 11.4 Å². The average molecular weight is 284 g/mol. The number of carbonyl (C=O) groups is 1. The number of amides is 1. The molecule has 0 bridgehead atoms. The van der Waals surface area contributed by atoms with E-state index in [2.05, 4.69) is 5.32 Å². The van der Waals surface area contributed by atoms with E-state index in [1.807, 2.05) is 19.9 Å². The second-order valence-corrected chi connectivity index (χ2v) is 7.83. The van der Waals surface area contributed by atoms with Crippen molar-refractivity contribution in [1.82, 2.24) is 0 Å². The van der Waals surface area contributed by atoms with Crippen molar-refractivity contribution in [1.29, 1.82) is 0 Å². The first-order valence-electron chi connectivity index (χ1n) is 5.84. The average Bonchev–Trinajstić information content (AvgIpc) is 2.24. The molecule has 1 aromatic carbocycles. The molecule has 0 aliphatic heterocycles. The number of rotatable bonds is 3. The Morgan fingerprint density at radius 3 is 2.21 bits per heavy atom. The Morgan fingerprint density at radius 2 is 1.74 bits per heavy atom. The van der Waals surface area contributed by atoms with Crippen LogP contribution in [0.25, 0.3) is 0 Å². The maximum atomic E-state index is 12.1. The van der Waals surface area contributed by atoms with Crippen molar-refractivity contribution in [3.63, 3.8) is 0 Å². The molecular weight excluding hydrogens is 264 g/mol. The molecule has 1 amide bonds. The van der Waals surface area contributed by atoms with Crippen molar-refractivity contribution < 1.29 is 13.2 Å². The molecule has 0 fully saturated rings. The van der Waals surface area contributed by atoms with Gasteiger partial charge >= 0.3 is 0 Å². The Hall–Kier alpha value is -1.56. The van der Waals surface area contributed by atoms with E-state index in [4.69, 9.17) is 5.73 Å². The number of nitrogens with two attached hydrogens (primary N) is 1. The quantitative estimate of drug-likeness (QED) is 0.826. The van der Waals surface area contributed by atoms with Crippen LogP contribution in [0.2, 0.25) is 0 Å². The van der Waals surface area contributed by atoms with Crippen LogP contribution < -0.4 is 11.1 Å². The van der Waals surface area contributed by atoms with Crippen LogP contribution in [-0.2, 0) is 14.6 Å². The molecule has 0 radical (unpaired) electrons. The van der Waals surface area contributed by atoms with E-state index in [1.165, 1.54) is 13.8 Å². The Kier molecular flexibility index (Phi) is 3.95. The van der Waals surface area contributed by atoms with Gasteiger partial charge in [0.1, 0.15) is 4.75 Å². The third kappa shape index (κ3) is 3.07. The fraction of sp³-hybridized carbons (Fsp3) is 0.462. The highest BCUT2D eigenvalue weighted by Crippen LogP contribution is 2.24. The Morgan fingerprint density at radius 1 is 1.21 bits per heavy atom. The molecule has 19 heavy (non-hydrogen) atoms. The second kappa shape index (κ2) is 4.85. The molecule has 1 aromatic rings. The van der Waals surface area contributed by atoms with Crippen molar-refractivity contribution in [2.24, 2.45) is 0 Å². The highest BCUT2D eigenvalue weighted by molar-refractivity contribution is 7.92. The van der Waals surface area contributed by atoms with Crippen molar-refractivity contribution in [3.05, 3.63) is 23.3 Å². The molecule has 0 aliphatic carbocycles. The molecule has 5 nitrogen and oxygen atoms in total. The van der Waals surface area contributed by atoms with Gasteiger partial charge in [0, 0.05) is 17.6 Å². The summed E-state index contributed by atoms with van der Waals surface area (Å²) in [5.41, 5.74) is 8.63. The van der Waals surface area contributed by atoms with E-state index < -0.39 is 20.5 Å². The number of anilines is 2. The Bertz CT molecular complexity index is 619. The Balaban J connectivity index is 3.11. The first kappa shape index (κ1) is 15.5. The first-order chi connectivity index (χ1) is 8.46. The number of nitrogen functional groups attached to an aromatic ring is 1. The molecule has 0 heterocycles. The van der Waals surface area contributed by atoms with Crippen LogP contribution in [-0.4, -0.2) is 25.3 Å². The number of carbonyl (C=O) groups excluding carboxylic acids is 1. The third-order valence-corrected chi connectivity index (χ3v) is 5.37. The van der Waals surface area contributed by atoms with Crippen molar-refractivity contribution in [2.75, 3.05) is 17.3 Å². The zero-order valence-electron chi connectivity index (χ0n) is 11.9. The number of aryl methyl sites for hydroxylation is 2. The molecule has 0 unspecified atom stereocenters. The lowest BCUT2D eigenvalue weighted by molar-refractivity contribution is -0.117. The van der Waals surface area contributed by atoms with Gasteiger partial charge < -0.3 is 11.1 Å². The van der Waals surface area contributed by atoms with Crippen molar-refractivity contribution in [2.45, 2.75) is 32.4 Å². The highest BCUT2D eigenvalue weighted by atomic mass is 32.2. The maximum absolute atomic E-state index is 12.1. The zero-order valence-corrected chi connectivity index (χ0v) is 12.7. The van der Waals surface area contributed by atoms with Gasteiger partial charge in [-0.05, 0) is 44.9 Å². The predicted molar refractivity (Wildman–Crippen MR) is 77.9 cm³/mol. The topological polar surface area (TPSA) is 89.3 Å². The summed E-state index contributed by atoms with van der Waals surface area (Å²) in [4.78, 5) is 12.1. The van der Waals surface area contributed by atoms with Crippen LogP contribution in [0, 0.1) is 13.8 Å². The number of hydrogen-bond acceptors (Lipinski definition) is 4. The molecule has 0 spiro atoms. The number of sulfone groups is 1. The van der Waals surface area contributed by atoms with Crippen LogP contribution in [0.1, 0.15) is 25.0 Å². The molecule has 1 rings (SSSR count). The normalized spacial score (nSPS) is 12.3. The van der Waals surface area contributed by atoms with E-state index in [-0.39, 0.29) is 0 Å². The van der Waals surface area contributed by atoms with Crippen LogP contribution in [0.5, 0.6) is 0 Å². The monoisotopic (exact) mass is 284 g/mol. The minimum absolute atomic E-state index is 0.532. The minimum Gasteiger partial charge on any atom is -0.398 e. The molecule has 0 saturated carbocycles. The largest absolute Gasteiger partial charge is 0.398 e. The van der Waals surface area contributed by atoms with Gasteiger partial charge in [0.2, 0.25) is 5.91 Å². The second-order valence-electron chi connectivity index (χ2n) is 5.26. The summed E-state index contributed by atoms with van der Waals surface area (Å²) in [6, 6.07) is 3.49. The van der Waals surface area contributed by atoms with Crippen molar-refractivity contribution in [3.8, 4) is 0 Å². The van der Waals surface area contributed by atoms with E-state index >= 15 is 0 Å². The molecule has 3 N–H and O–H groups in total. The smallest absolute Gasteiger partial charge is 0.245 e. The summed E-state index contributed by atoms with van der Waals surface area (Å²) in [6.07, 6.45) is 1.04. The molecule has 0 aromatic heterocycles. The zero-order chi connectivity index (χ0) is 15.0. The Labute approximate surface area is 114 Å². The van der Waals surface area contributed by atoms with Gasteiger partial charge in [-0.1, -0.05) is 6.07 Å². The van der Waals surface area contributed by atoms with Gasteiger partial charge in [-0.25, -0.2) is 8.42 Å². The fourth-order valence-corrected chi connectivity index (χ4v) is 1.83. The number of nitrogens with one attached hydrogen (secondary N) is 1. The van der Waals surface area contributed by atoms with E-state index in [0.29, 0.717) is 11.4 Å². The summed E-state index contributed by atoms with van der Waals surface area (Å²) in [5, 5.41) is 2.63. The lowest BCUT2D eigenvalue weighted by Gasteiger charge is -2.22. The van der Waals surface area contributed by atoms with Crippen molar-refractivity contribution >= 4 is 27.1 Å².